The van der Waals surface area contributed by atoms with E-state index < -0.39 is 112 Å². The molecule has 0 aliphatic carbocycles. The van der Waals surface area contributed by atoms with Gasteiger partial charge in [-0.05, 0) is 0 Å². The van der Waals surface area contributed by atoms with Gasteiger partial charge in [0.2, 0.25) is 0 Å². The van der Waals surface area contributed by atoms with E-state index >= 15 is 0 Å². The zero-order chi connectivity index (χ0) is 25.3. The molecule has 16 nitrogen and oxygen atoms in total. The summed E-state index contributed by atoms with van der Waals surface area (Å²) in [5, 5.41) is 109. The monoisotopic (exact) mass is 504 g/mol. The van der Waals surface area contributed by atoms with E-state index in [1.807, 2.05) is 0 Å². The average molecular weight is 504 g/mol. The summed E-state index contributed by atoms with van der Waals surface area (Å²) in [6.45, 7) is -2.32. The number of aliphatic hydroxyl groups is 11. The van der Waals surface area contributed by atoms with Crippen molar-refractivity contribution in [3.8, 4) is 0 Å². The van der Waals surface area contributed by atoms with Gasteiger partial charge in [0, 0.05) is 0 Å². The zero-order valence-electron chi connectivity index (χ0n) is 17.7. The van der Waals surface area contributed by atoms with Crippen LogP contribution in [0.3, 0.4) is 0 Å². The Morgan fingerprint density at radius 1 is 0.441 bits per heavy atom. The van der Waals surface area contributed by atoms with Crippen LogP contribution in [-0.2, 0) is 23.7 Å². The van der Waals surface area contributed by atoms with Crippen molar-refractivity contribution in [3.05, 3.63) is 0 Å². The summed E-state index contributed by atoms with van der Waals surface area (Å²) in [4.78, 5) is 0. The summed E-state index contributed by atoms with van der Waals surface area (Å²) in [6.07, 6.45) is -25.1. The average Bonchev–Trinajstić information content (AvgIpc) is 2.83. The molecule has 3 saturated heterocycles. The highest BCUT2D eigenvalue weighted by Crippen LogP contribution is 2.32. The van der Waals surface area contributed by atoms with Crippen molar-refractivity contribution >= 4 is 0 Å². The van der Waals surface area contributed by atoms with Gasteiger partial charge in [-0.3, -0.25) is 0 Å². The molecular formula is C18H32O16. The Bertz CT molecular complexity index is 635. The molecule has 200 valence electrons. The molecule has 0 spiro atoms. The van der Waals surface area contributed by atoms with Crippen molar-refractivity contribution in [2.75, 3.05) is 19.8 Å². The Morgan fingerprint density at radius 2 is 0.853 bits per heavy atom. The second kappa shape index (κ2) is 11.6. The first-order valence-electron chi connectivity index (χ1n) is 10.6. The van der Waals surface area contributed by atoms with Crippen molar-refractivity contribution in [2.24, 2.45) is 0 Å². The lowest BCUT2D eigenvalue weighted by Crippen LogP contribution is -2.66. The molecule has 1 unspecified atom stereocenters. The van der Waals surface area contributed by atoms with Gasteiger partial charge in [0.15, 0.2) is 18.9 Å². The molecule has 16 heteroatoms. The van der Waals surface area contributed by atoms with Gasteiger partial charge in [-0.25, -0.2) is 0 Å². The van der Waals surface area contributed by atoms with E-state index in [1.165, 1.54) is 0 Å². The van der Waals surface area contributed by atoms with Crippen LogP contribution in [-0.4, -0.2) is 168 Å². The molecule has 0 saturated carbocycles. The van der Waals surface area contributed by atoms with Crippen LogP contribution in [0.2, 0.25) is 0 Å². The minimum Gasteiger partial charge on any atom is -0.394 e. The van der Waals surface area contributed by atoms with Crippen LogP contribution >= 0.6 is 0 Å². The highest BCUT2D eigenvalue weighted by atomic mass is 16.8. The summed E-state index contributed by atoms with van der Waals surface area (Å²) < 4.78 is 26.4. The molecule has 0 aromatic rings. The quantitative estimate of drug-likeness (QED) is 0.154. The largest absolute Gasteiger partial charge is 0.394 e. The van der Waals surface area contributed by atoms with Crippen molar-refractivity contribution in [1.82, 2.24) is 0 Å². The first kappa shape index (κ1) is 27.9. The molecule has 3 heterocycles. The van der Waals surface area contributed by atoms with E-state index in [4.69, 9.17) is 23.7 Å². The lowest BCUT2D eigenvalue weighted by Gasteiger charge is -2.47. The number of ether oxygens (including phenoxy) is 5. The summed E-state index contributed by atoms with van der Waals surface area (Å²) in [5.74, 6) is 0. The maximum atomic E-state index is 10.6. The van der Waals surface area contributed by atoms with Crippen molar-refractivity contribution < 1.29 is 79.9 Å². The molecule has 0 amide bonds. The van der Waals surface area contributed by atoms with E-state index in [0.29, 0.717) is 0 Å². The molecule has 0 radical (unpaired) electrons. The molecular weight excluding hydrogens is 472 g/mol. The maximum Gasteiger partial charge on any atom is 0.187 e. The fourth-order valence-corrected chi connectivity index (χ4v) is 4.06. The van der Waals surface area contributed by atoms with Gasteiger partial charge in [0.1, 0.15) is 73.2 Å². The lowest BCUT2D eigenvalue weighted by molar-refractivity contribution is -0.377. The maximum absolute atomic E-state index is 10.6. The van der Waals surface area contributed by atoms with Gasteiger partial charge in [-0.2, -0.15) is 0 Å². The first-order valence-corrected chi connectivity index (χ1v) is 10.6. The molecule has 3 fully saturated rings. The topological polar surface area (TPSA) is 269 Å². The molecule has 0 aromatic heterocycles. The molecule has 34 heavy (non-hydrogen) atoms. The highest BCUT2D eigenvalue weighted by molar-refractivity contribution is 4.96. The highest BCUT2D eigenvalue weighted by Gasteiger charge is 2.53. The Labute approximate surface area is 192 Å². The third kappa shape index (κ3) is 5.37. The molecule has 3 aliphatic rings. The Morgan fingerprint density at radius 3 is 1.35 bits per heavy atom. The van der Waals surface area contributed by atoms with Crippen molar-refractivity contribution in [3.63, 3.8) is 0 Å². The molecule has 11 N–H and O–H groups in total. The normalized spacial score (nSPS) is 52.5. The van der Waals surface area contributed by atoms with Crippen molar-refractivity contribution in [1.29, 1.82) is 0 Å². The smallest absolute Gasteiger partial charge is 0.187 e. The minimum atomic E-state index is -1.91. The van der Waals surface area contributed by atoms with E-state index in [9.17, 15) is 56.2 Å². The third-order valence-electron chi connectivity index (χ3n) is 6.09. The third-order valence-corrected chi connectivity index (χ3v) is 6.09. The Kier molecular flexibility index (Phi) is 9.54. The van der Waals surface area contributed by atoms with Gasteiger partial charge < -0.3 is 79.9 Å². The van der Waals surface area contributed by atoms with E-state index in [1.54, 1.807) is 0 Å². The number of hydrogen-bond acceptors (Lipinski definition) is 16. The number of hydrogen-bond donors (Lipinski definition) is 11. The van der Waals surface area contributed by atoms with Crippen LogP contribution in [0, 0.1) is 0 Å². The molecule has 0 bridgehead atoms. The SMILES string of the molecule is OC[C@@H]1O[C@@H](O[C@@H]2[C@@H](O)[C@H](O)[C@H](O[C@@H]3[C@@H](O)[C@H](O)C(O)O[C@H]3CO)O[C@H]2CO)[C@@H](O)[C@H](O)[C@H]1O. The lowest BCUT2D eigenvalue weighted by atomic mass is 9.96. The van der Waals surface area contributed by atoms with Crippen LogP contribution < -0.4 is 0 Å². The van der Waals surface area contributed by atoms with Gasteiger partial charge in [0.05, 0.1) is 19.8 Å². The summed E-state index contributed by atoms with van der Waals surface area (Å²) in [7, 11) is 0. The zero-order valence-corrected chi connectivity index (χ0v) is 17.7. The summed E-state index contributed by atoms with van der Waals surface area (Å²) in [6, 6.07) is 0. The van der Waals surface area contributed by atoms with Crippen LogP contribution in [0.5, 0.6) is 0 Å². The fourth-order valence-electron chi connectivity index (χ4n) is 4.06. The molecule has 15 atom stereocenters. The predicted molar refractivity (Wildman–Crippen MR) is 101 cm³/mol. The molecule has 3 aliphatic heterocycles. The van der Waals surface area contributed by atoms with Gasteiger partial charge in [-0.15, -0.1) is 0 Å². The molecule has 3 rings (SSSR count). The van der Waals surface area contributed by atoms with Crippen LogP contribution in [0.25, 0.3) is 0 Å². The summed E-state index contributed by atoms with van der Waals surface area (Å²) in [5.41, 5.74) is 0. The predicted octanol–water partition coefficient (Wildman–Crippen LogP) is -7.57. The Hall–Kier alpha value is -0.640. The van der Waals surface area contributed by atoms with E-state index in [0.717, 1.165) is 0 Å². The van der Waals surface area contributed by atoms with Crippen LogP contribution in [0.15, 0.2) is 0 Å². The van der Waals surface area contributed by atoms with Gasteiger partial charge >= 0.3 is 0 Å². The minimum absolute atomic E-state index is 0.741. The van der Waals surface area contributed by atoms with Crippen LogP contribution in [0.4, 0.5) is 0 Å². The van der Waals surface area contributed by atoms with Gasteiger partial charge in [0.25, 0.3) is 0 Å². The fraction of sp³-hybridized carbons (Fsp3) is 1.00. The van der Waals surface area contributed by atoms with E-state index in [2.05, 4.69) is 0 Å². The van der Waals surface area contributed by atoms with E-state index in [-0.39, 0.29) is 0 Å². The standard InChI is InChI=1S/C18H32O16/c19-1-4-7(22)8(23)12(27)17(31-4)34-15-6(3-21)32-18(13(28)10(15)25)33-14-5(2-20)30-16(29)11(26)9(14)24/h4-29H,1-3H2/t4-,5-,6-,7-,8+,9-,10-,11-,12-,13-,14-,15-,16?,17-,18-/m0/s1. The molecule has 0 aromatic carbocycles. The van der Waals surface area contributed by atoms with Gasteiger partial charge in [-0.1, -0.05) is 0 Å². The summed E-state index contributed by atoms with van der Waals surface area (Å²) >= 11 is 0. The van der Waals surface area contributed by atoms with Crippen molar-refractivity contribution in [2.45, 2.75) is 92.1 Å². The second-order valence-corrected chi connectivity index (χ2v) is 8.33. The number of rotatable bonds is 7. The second-order valence-electron chi connectivity index (χ2n) is 8.33. The first-order chi connectivity index (χ1) is 16.0. The number of aliphatic hydroxyl groups excluding tert-OH is 11. The Balaban J connectivity index is 1.72. The van der Waals surface area contributed by atoms with Crippen LogP contribution in [0.1, 0.15) is 0 Å².